The van der Waals surface area contributed by atoms with Crippen LogP contribution in [0.1, 0.15) is 49.5 Å². The molecule has 8 heteroatoms. The van der Waals surface area contributed by atoms with Crippen LogP contribution >= 0.6 is 0 Å². The van der Waals surface area contributed by atoms with Crippen molar-refractivity contribution >= 4 is 11.7 Å². The number of nitrogens with zero attached hydrogens (tertiary/aromatic N) is 2. The van der Waals surface area contributed by atoms with Gasteiger partial charge in [-0.3, -0.25) is 4.79 Å². The van der Waals surface area contributed by atoms with Crippen LogP contribution in [-0.2, 0) is 6.42 Å². The van der Waals surface area contributed by atoms with Crippen LogP contribution in [0, 0.1) is 5.92 Å². The van der Waals surface area contributed by atoms with Crippen LogP contribution in [-0.4, -0.2) is 45.3 Å². The van der Waals surface area contributed by atoms with E-state index in [1.54, 1.807) is 11.9 Å². The van der Waals surface area contributed by atoms with Crippen LogP contribution in [0.15, 0.2) is 41.3 Å². The van der Waals surface area contributed by atoms with Crippen molar-refractivity contribution in [3.8, 4) is 17.0 Å². The number of allylic oxidation sites excluding steroid dienone is 1. The molecule has 1 aliphatic rings. The third-order valence-electron chi connectivity index (χ3n) is 6.19. The second-order valence-corrected chi connectivity index (χ2v) is 8.30. The fraction of sp³-hybridized carbons (Fsp3) is 0.417. The summed E-state index contributed by atoms with van der Waals surface area (Å²) in [6, 6.07) is 7.91. The van der Waals surface area contributed by atoms with Crippen molar-refractivity contribution in [2.24, 2.45) is 11.8 Å². The summed E-state index contributed by atoms with van der Waals surface area (Å²) in [5.41, 5.74) is 1.16. The van der Waals surface area contributed by atoms with E-state index in [4.69, 9.17) is 5.84 Å². The summed E-state index contributed by atoms with van der Waals surface area (Å²) in [5, 5.41) is 21.4. The van der Waals surface area contributed by atoms with Crippen molar-refractivity contribution in [1.82, 2.24) is 9.99 Å². The zero-order chi connectivity index (χ0) is 23.4. The molecule has 1 aromatic heterocycles. The fourth-order valence-corrected chi connectivity index (χ4v) is 3.98. The van der Waals surface area contributed by atoms with Crippen LogP contribution in [0.25, 0.3) is 11.3 Å². The molecule has 2 heterocycles. The number of nitrogens with two attached hydrogens (primary N) is 1. The number of hydrogen-bond acceptors (Lipinski definition) is 6. The monoisotopic (exact) mass is 440 g/mol. The summed E-state index contributed by atoms with van der Waals surface area (Å²) in [4.78, 5) is 28.4. The maximum atomic E-state index is 12.2. The van der Waals surface area contributed by atoms with Gasteiger partial charge in [0.2, 0.25) is 0 Å². The van der Waals surface area contributed by atoms with E-state index in [0.29, 0.717) is 29.2 Å². The van der Waals surface area contributed by atoms with Gasteiger partial charge in [0.1, 0.15) is 5.75 Å². The van der Waals surface area contributed by atoms with Crippen LogP contribution in [0.5, 0.6) is 5.75 Å². The summed E-state index contributed by atoms with van der Waals surface area (Å²) >= 11 is 0. The quantitative estimate of drug-likeness (QED) is 0.367. The number of rotatable bonds is 8. The molecule has 0 spiro atoms. The van der Waals surface area contributed by atoms with Crippen molar-refractivity contribution in [3.05, 3.63) is 58.0 Å². The van der Waals surface area contributed by atoms with Gasteiger partial charge in [0.25, 0.3) is 5.56 Å². The Kier molecular flexibility index (Phi) is 7.25. The highest BCUT2D eigenvalue weighted by Gasteiger charge is 2.26. The number of aromatic carboxylic acids is 1. The highest BCUT2D eigenvalue weighted by Crippen LogP contribution is 2.31. The molecule has 1 fully saturated rings. The minimum atomic E-state index is -1.45. The number of hydrogen-bond donors (Lipinski definition) is 4. The SMILES string of the molecule is CCc1c(-c2ccc(N3CCC(N(N)C=CC(C)CC)C3)cc2)[nH]c(=O)c(C(=O)O)c1O. The second kappa shape index (κ2) is 9.91. The molecule has 0 amide bonds. The van der Waals surface area contributed by atoms with E-state index in [1.165, 1.54) is 0 Å². The molecule has 1 aromatic carbocycles. The molecular formula is C24H32N4O4. The molecule has 0 saturated carbocycles. The third kappa shape index (κ3) is 4.80. The van der Waals surface area contributed by atoms with E-state index in [9.17, 15) is 19.8 Å². The van der Waals surface area contributed by atoms with Crippen LogP contribution in [0.3, 0.4) is 0 Å². The van der Waals surface area contributed by atoms with E-state index in [2.05, 4.69) is 29.8 Å². The van der Waals surface area contributed by atoms with Gasteiger partial charge in [0.15, 0.2) is 5.56 Å². The lowest BCUT2D eigenvalue weighted by molar-refractivity contribution is 0.0691. The molecule has 5 N–H and O–H groups in total. The number of aromatic hydroxyl groups is 1. The van der Waals surface area contributed by atoms with Crippen LogP contribution in [0.4, 0.5) is 5.69 Å². The maximum Gasteiger partial charge on any atom is 0.345 e. The Hall–Kier alpha value is -3.26. The lowest BCUT2D eigenvalue weighted by atomic mass is 10.0. The molecule has 0 radical (unpaired) electrons. The first-order valence-corrected chi connectivity index (χ1v) is 11.0. The zero-order valence-corrected chi connectivity index (χ0v) is 18.8. The Morgan fingerprint density at radius 3 is 2.62 bits per heavy atom. The number of anilines is 1. The fourth-order valence-electron chi connectivity index (χ4n) is 3.98. The van der Waals surface area contributed by atoms with E-state index in [1.807, 2.05) is 30.5 Å². The molecule has 8 nitrogen and oxygen atoms in total. The summed E-state index contributed by atoms with van der Waals surface area (Å²) in [5.74, 6) is 4.81. The largest absolute Gasteiger partial charge is 0.506 e. The van der Waals surface area contributed by atoms with Crippen molar-refractivity contribution in [2.75, 3.05) is 18.0 Å². The van der Waals surface area contributed by atoms with Crippen LogP contribution in [0.2, 0.25) is 0 Å². The predicted octanol–water partition coefficient (Wildman–Crippen LogP) is 3.32. The molecule has 32 heavy (non-hydrogen) atoms. The first-order valence-electron chi connectivity index (χ1n) is 11.0. The predicted molar refractivity (Wildman–Crippen MR) is 126 cm³/mol. The minimum absolute atomic E-state index is 0.235. The number of pyridine rings is 1. The number of nitrogens with one attached hydrogen (secondary N) is 1. The molecule has 3 rings (SSSR count). The van der Waals surface area contributed by atoms with Gasteiger partial charge >= 0.3 is 5.97 Å². The van der Waals surface area contributed by atoms with Crippen molar-refractivity contribution in [2.45, 2.75) is 46.1 Å². The molecule has 0 bridgehead atoms. The van der Waals surface area contributed by atoms with Crippen molar-refractivity contribution < 1.29 is 15.0 Å². The number of benzene rings is 1. The number of aromatic amines is 1. The Balaban J connectivity index is 1.79. The summed E-state index contributed by atoms with van der Waals surface area (Å²) < 4.78 is 0. The maximum absolute atomic E-state index is 12.2. The first kappa shape index (κ1) is 23.4. The van der Waals surface area contributed by atoms with Gasteiger partial charge in [0.05, 0.1) is 11.7 Å². The minimum Gasteiger partial charge on any atom is -0.506 e. The van der Waals surface area contributed by atoms with E-state index in [-0.39, 0.29) is 6.04 Å². The molecule has 1 saturated heterocycles. The summed E-state index contributed by atoms with van der Waals surface area (Å²) in [6.07, 6.45) is 6.52. The van der Waals surface area contributed by atoms with E-state index >= 15 is 0 Å². The third-order valence-corrected chi connectivity index (χ3v) is 6.19. The molecule has 2 aromatic rings. The van der Waals surface area contributed by atoms with Gasteiger partial charge in [-0.1, -0.05) is 45.4 Å². The molecule has 2 unspecified atom stereocenters. The Morgan fingerprint density at radius 2 is 2.03 bits per heavy atom. The van der Waals surface area contributed by atoms with Crippen molar-refractivity contribution in [3.63, 3.8) is 0 Å². The number of carboxylic acid groups (broad SMARTS) is 1. The second-order valence-electron chi connectivity index (χ2n) is 8.30. The van der Waals surface area contributed by atoms with E-state index in [0.717, 1.165) is 31.6 Å². The van der Waals surface area contributed by atoms with Gasteiger partial charge in [-0.25, -0.2) is 10.6 Å². The van der Waals surface area contributed by atoms with Gasteiger partial charge in [-0.2, -0.15) is 0 Å². The first-order chi connectivity index (χ1) is 15.3. The Morgan fingerprint density at radius 1 is 1.34 bits per heavy atom. The number of carboxylic acids is 1. The molecule has 2 atom stereocenters. The van der Waals surface area contributed by atoms with Crippen LogP contribution < -0.4 is 16.3 Å². The zero-order valence-electron chi connectivity index (χ0n) is 18.8. The number of carbonyl (C=O) groups is 1. The lowest BCUT2D eigenvalue weighted by Crippen LogP contribution is -2.38. The van der Waals surface area contributed by atoms with Crippen molar-refractivity contribution in [1.29, 1.82) is 0 Å². The van der Waals surface area contributed by atoms with Gasteiger partial charge in [-0.15, -0.1) is 0 Å². The van der Waals surface area contributed by atoms with Gasteiger partial charge < -0.3 is 25.1 Å². The number of aromatic nitrogens is 1. The molecule has 172 valence electrons. The highest BCUT2D eigenvalue weighted by atomic mass is 16.4. The Labute approximate surface area is 187 Å². The van der Waals surface area contributed by atoms with Gasteiger partial charge in [0, 0.05) is 30.5 Å². The normalized spacial score (nSPS) is 17.1. The number of hydrazine groups is 1. The lowest BCUT2D eigenvalue weighted by Gasteiger charge is -2.24. The standard InChI is InChI=1S/C24H32N4O4/c1-4-15(3)10-13-28(25)18-11-12-27(14-18)17-8-6-16(7-9-17)21-19(5-2)22(29)20(24(31)32)23(30)26-21/h6-10,13,15,18H,4-5,11-12,14,25H2,1-3H3,(H,31,32)(H2,26,29,30). The number of H-pyrrole nitrogens is 1. The summed E-state index contributed by atoms with van der Waals surface area (Å²) in [6.45, 7) is 7.82. The Bertz CT molecular complexity index is 1050. The molecule has 1 aliphatic heterocycles. The summed E-state index contributed by atoms with van der Waals surface area (Å²) in [7, 11) is 0. The van der Waals surface area contributed by atoms with E-state index < -0.39 is 22.8 Å². The average Bonchev–Trinajstić information content (AvgIpc) is 3.27. The smallest absolute Gasteiger partial charge is 0.345 e. The topological polar surface area (TPSA) is 123 Å². The molecular weight excluding hydrogens is 408 g/mol. The average molecular weight is 441 g/mol. The van der Waals surface area contributed by atoms with Gasteiger partial charge in [-0.05, 0) is 36.5 Å². The highest BCUT2D eigenvalue weighted by molar-refractivity contribution is 5.92. The molecule has 0 aliphatic carbocycles.